The number of rotatable bonds is 2. The number of nitrogens with one attached hydrogen (secondary N) is 1. The summed E-state index contributed by atoms with van der Waals surface area (Å²) in [6.45, 7) is 3.41. The van der Waals surface area contributed by atoms with Gasteiger partial charge in [-0.3, -0.25) is 0 Å². The molecule has 10 heavy (non-hydrogen) atoms. The van der Waals surface area contributed by atoms with E-state index in [-0.39, 0.29) is 0 Å². The van der Waals surface area contributed by atoms with E-state index < -0.39 is 0 Å². The van der Waals surface area contributed by atoms with Crippen molar-refractivity contribution >= 4 is 5.95 Å². The molecule has 5 nitrogen and oxygen atoms in total. The summed E-state index contributed by atoms with van der Waals surface area (Å²) in [6.07, 6.45) is 2.99. The van der Waals surface area contributed by atoms with Gasteiger partial charge in [0.25, 0.3) is 0 Å². The van der Waals surface area contributed by atoms with Crippen molar-refractivity contribution in [2.24, 2.45) is 5.73 Å². The molecule has 0 saturated heterocycles. The summed E-state index contributed by atoms with van der Waals surface area (Å²) in [5.74, 6) is 0.656. The molecule has 0 unspecified atom stereocenters. The lowest BCUT2D eigenvalue weighted by atomic mass is 10.8. The summed E-state index contributed by atoms with van der Waals surface area (Å²) in [4.78, 5) is 3.79. The molecule has 0 radical (unpaired) electrons. The van der Waals surface area contributed by atoms with E-state index in [4.69, 9.17) is 5.73 Å². The lowest BCUT2D eigenvalue weighted by molar-refractivity contribution is 0.969. The molecule has 0 amide bonds. The molecule has 5 heteroatoms. The second-order valence-corrected chi connectivity index (χ2v) is 1.62. The van der Waals surface area contributed by atoms with Crippen LogP contribution in [0.4, 0.5) is 5.95 Å². The number of anilines is 1. The van der Waals surface area contributed by atoms with E-state index in [1.165, 1.54) is 12.4 Å². The molecule has 1 aromatic rings. The number of hydrogen-bond acceptors (Lipinski definition) is 5. The van der Waals surface area contributed by atoms with Crippen LogP contribution >= 0.6 is 0 Å². The van der Waals surface area contributed by atoms with Crippen LogP contribution < -0.4 is 11.1 Å². The third kappa shape index (κ3) is 1.70. The fourth-order valence-corrected chi connectivity index (χ4v) is 0.448. The molecule has 0 aliphatic carbocycles. The quantitative estimate of drug-likeness (QED) is 0.586. The maximum Gasteiger partial charge on any atom is 0.248 e. The second kappa shape index (κ2) is 2.77. The molecule has 3 N–H and O–H groups in total. The first kappa shape index (κ1) is 6.47. The summed E-state index contributed by atoms with van der Waals surface area (Å²) >= 11 is 0. The molecule has 0 bridgehead atoms. The average molecular weight is 137 g/mol. The van der Waals surface area contributed by atoms with Crippen LogP contribution in [0.3, 0.4) is 0 Å². The highest BCUT2D eigenvalue weighted by atomic mass is 15.2. The van der Waals surface area contributed by atoms with Gasteiger partial charge in [-0.2, -0.15) is 5.10 Å². The van der Waals surface area contributed by atoms with E-state index >= 15 is 0 Å². The Balaban J connectivity index is 2.67. The van der Waals surface area contributed by atoms with Crippen molar-refractivity contribution in [3.05, 3.63) is 24.8 Å². The molecular weight excluding hydrogens is 130 g/mol. The van der Waals surface area contributed by atoms with Gasteiger partial charge in [-0.15, -0.1) is 5.10 Å². The van der Waals surface area contributed by atoms with Crippen molar-refractivity contribution in [3.8, 4) is 0 Å². The lowest BCUT2D eigenvalue weighted by Crippen LogP contribution is -2.09. The summed E-state index contributed by atoms with van der Waals surface area (Å²) in [5.41, 5.74) is 5.21. The first-order valence-electron chi connectivity index (χ1n) is 2.64. The van der Waals surface area contributed by atoms with Crippen molar-refractivity contribution in [2.45, 2.75) is 0 Å². The predicted molar refractivity (Wildman–Crippen MR) is 36.8 cm³/mol. The standard InChI is InChI=1S/C5H7N5/c1-4(6)9-5-7-2-3-8-10-5/h2-3H,1,6H2,(H,7,9,10). The topological polar surface area (TPSA) is 76.7 Å². The fourth-order valence-electron chi connectivity index (χ4n) is 0.448. The van der Waals surface area contributed by atoms with E-state index in [2.05, 4.69) is 27.1 Å². The molecular formula is C5H7N5. The zero-order chi connectivity index (χ0) is 7.40. The Morgan fingerprint density at radius 3 is 2.90 bits per heavy atom. The molecule has 1 heterocycles. The number of aromatic nitrogens is 3. The summed E-state index contributed by atoms with van der Waals surface area (Å²) < 4.78 is 0. The highest BCUT2D eigenvalue weighted by molar-refractivity contribution is 5.28. The Kier molecular flexibility index (Phi) is 1.79. The highest BCUT2D eigenvalue weighted by Crippen LogP contribution is 1.91. The van der Waals surface area contributed by atoms with Gasteiger partial charge in [0.1, 0.15) is 0 Å². The van der Waals surface area contributed by atoms with Crippen molar-refractivity contribution < 1.29 is 0 Å². The van der Waals surface area contributed by atoms with Gasteiger partial charge in [0, 0.05) is 0 Å². The van der Waals surface area contributed by atoms with Crippen LogP contribution in [-0.2, 0) is 0 Å². The summed E-state index contributed by atoms with van der Waals surface area (Å²) in [6, 6.07) is 0. The van der Waals surface area contributed by atoms with Gasteiger partial charge in [-0.1, -0.05) is 6.58 Å². The maximum atomic E-state index is 5.21. The number of nitrogens with zero attached hydrogens (tertiary/aromatic N) is 3. The zero-order valence-electron chi connectivity index (χ0n) is 5.28. The van der Waals surface area contributed by atoms with Crippen LogP contribution in [0.2, 0.25) is 0 Å². The molecule has 52 valence electrons. The van der Waals surface area contributed by atoms with Crippen molar-refractivity contribution in [3.63, 3.8) is 0 Å². The zero-order valence-corrected chi connectivity index (χ0v) is 5.28. The van der Waals surface area contributed by atoms with Crippen LogP contribution in [0.25, 0.3) is 0 Å². The molecule has 0 fully saturated rings. The van der Waals surface area contributed by atoms with Crippen molar-refractivity contribution in [2.75, 3.05) is 5.32 Å². The van der Waals surface area contributed by atoms with Crippen LogP contribution in [0.15, 0.2) is 24.8 Å². The van der Waals surface area contributed by atoms with Gasteiger partial charge in [-0.05, 0) is 0 Å². The van der Waals surface area contributed by atoms with Gasteiger partial charge in [0.05, 0.1) is 18.2 Å². The summed E-state index contributed by atoms with van der Waals surface area (Å²) in [5, 5.41) is 9.78. The normalized spacial score (nSPS) is 8.80. The third-order valence-electron chi connectivity index (χ3n) is 0.755. The minimum Gasteiger partial charge on any atom is -0.386 e. The van der Waals surface area contributed by atoms with Crippen LogP contribution in [0, 0.1) is 0 Å². The Morgan fingerprint density at radius 2 is 2.40 bits per heavy atom. The van der Waals surface area contributed by atoms with Gasteiger partial charge in [0.2, 0.25) is 5.95 Å². The first-order valence-corrected chi connectivity index (χ1v) is 2.64. The largest absolute Gasteiger partial charge is 0.386 e. The van der Waals surface area contributed by atoms with Crippen molar-refractivity contribution in [1.82, 2.24) is 15.2 Å². The predicted octanol–water partition coefficient (Wildman–Crippen LogP) is -0.287. The molecule has 0 aliphatic heterocycles. The van der Waals surface area contributed by atoms with Gasteiger partial charge < -0.3 is 11.1 Å². The molecule has 0 atom stereocenters. The number of hydrogen-bond donors (Lipinski definition) is 2. The monoisotopic (exact) mass is 137 g/mol. The number of nitrogens with two attached hydrogens (primary N) is 1. The van der Waals surface area contributed by atoms with E-state index in [0.29, 0.717) is 11.8 Å². The molecule has 0 saturated carbocycles. The Hall–Kier alpha value is -1.65. The van der Waals surface area contributed by atoms with Crippen LogP contribution in [-0.4, -0.2) is 15.2 Å². The SMILES string of the molecule is C=C(N)Nc1nccnn1. The third-order valence-corrected chi connectivity index (χ3v) is 0.755. The molecule has 1 aromatic heterocycles. The Morgan fingerprint density at radius 1 is 1.60 bits per heavy atom. The lowest BCUT2D eigenvalue weighted by Gasteiger charge is -1.98. The molecule has 0 spiro atoms. The van der Waals surface area contributed by atoms with E-state index in [1.54, 1.807) is 0 Å². The fraction of sp³-hybridized carbons (Fsp3) is 0. The molecule has 1 rings (SSSR count). The Labute approximate surface area is 58.0 Å². The minimum atomic E-state index is 0.299. The minimum absolute atomic E-state index is 0.299. The molecule has 0 aromatic carbocycles. The van der Waals surface area contributed by atoms with Gasteiger partial charge in [-0.25, -0.2) is 4.98 Å². The smallest absolute Gasteiger partial charge is 0.248 e. The Bertz CT molecular complexity index is 219. The average Bonchev–Trinajstić information content (AvgIpc) is 1.88. The van der Waals surface area contributed by atoms with Crippen LogP contribution in [0.1, 0.15) is 0 Å². The highest BCUT2D eigenvalue weighted by Gasteiger charge is 1.90. The van der Waals surface area contributed by atoms with E-state index in [9.17, 15) is 0 Å². The first-order chi connectivity index (χ1) is 4.79. The van der Waals surface area contributed by atoms with E-state index in [0.717, 1.165) is 0 Å². The van der Waals surface area contributed by atoms with Crippen LogP contribution in [0.5, 0.6) is 0 Å². The second-order valence-electron chi connectivity index (χ2n) is 1.62. The van der Waals surface area contributed by atoms with Gasteiger partial charge in [0.15, 0.2) is 0 Å². The van der Waals surface area contributed by atoms with E-state index in [1.807, 2.05) is 0 Å². The molecule has 0 aliphatic rings. The summed E-state index contributed by atoms with van der Waals surface area (Å²) in [7, 11) is 0. The van der Waals surface area contributed by atoms with Gasteiger partial charge >= 0.3 is 0 Å². The maximum absolute atomic E-state index is 5.21. The van der Waals surface area contributed by atoms with Crippen molar-refractivity contribution in [1.29, 1.82) is 0 Å².